The van der Waals surface area contributed by atoms with Crippen LogP contribution < -0.4 is 0 Å². The molecule has 0 bridgehead atoms. The van der Waals surface area contributed by atoms with Gasteiger partial charge in [-0.05, 0) is 35.4 Å². The van der Waals surface area contributed by atoms with Crippen LogP contribution in [0.3, 0.4) is 0 Å². The lowest BCUT2D eigenvalue weighted by atomic mass is 10.1. The van der Waals surface area contributed by atoms with Crippen molar-refractivity contribution in [2.45, 2.75) is 19.9 Å². The van der Waals surface area contributed by atoms with Crippen molar-refractivity contribution in [3.63, 3.8) is 0 Å². The van der Waals surface area contributed by atoms with E-state index >= 15 is 0 Å². The summed E-state index contributed by atoms with van der Waals surface area (Å²) in [6.07, 6.45) is 0.654. The summed E-state index contributed by atoms with van der Waals surface area (Å²) in [4.78, 5) is 17.8. The molecule has 2 heterocycles. The Bertz CT molecular complexity index is 1130. The maximum atomic E-state index is 11.5. The lowest BCUT2D eigenvalue weighted by Gasteiger charge is -2.01. The highest BCUT2D eigenvalue weighted by Crippen LogP contribution is 2.24. The molecule has 0 aliphatic rings. The molecule has 0 aliphatic carbocycles. The zero-order chi connectivity index (χ0) is 20.2. The highest BCUT2D eigenvalue weighted by Gasteiger charge is 2.11. The van der Waals surface area contributed by atoms with Gasteiger partial charge in [-0.3, -0.25) is 0 Å². The van der Waals surface area contributed by atoms with E-state index in [-0.39, 0.29) is 5.97 Å². The number of carbonyl (C=O) groups is 1. The van der Waals surface area contributed by atoms with Crippen molar-refractivity contribution in [3.8, 4) is 10.6 Å². The summed E-state index contributed by atoms with van der Waals surface area (Å²) in [7, 11) is 1.37. The van der Waals surface area contributed by atoms with Crippen molar-refractivity contribution in [2.24, 2.45) is 0 Å². The molecule has 0 aliphatic heterocycles. The van der Waals surface area contributed by atoms with Crippen LogP contribution in [0.15, 0.2) is 53.9 Å². The molecule has 0 spiro atoms. The molecule has 2 aromatic heterocycles. The summed E-state index contributed by atoms with van der Waals surface area (Å²) < 4.78 is 4.72. The van der Waals surface area contributed by atoms with E-state index < -0.39 is 0 Å². The predicted octanol–water partition coefficient (Wildman–Crippen LogP) is 3.53. The number of thiazole rings is 1. The van der Waals surface area contributed by atoms with Gasteiger partial charge in [-0.25, -0.2) is 9.78 Å². The quantitative estimate of drug-likeness (QED) is 0.457. The minimum absolute atomic E-state index is 0.352. The predicted molar refractivity (Wildman–Crippen MR) is 110 cm³/mol. The van der Waals surface area contributed by atoms with Crippen molar-refractivity contribution >= 4 is 17.3 Å². The first-order valence-corrected chi connectivity index (χ1v) is 9.94. The molecule has 4 aromatic rings. The number of rotatable bonds is 6. The third-order valence-corrected chi connectivity index (χ3v) is 5.45. The number of tetrazole rings is 1. The maximum Gasteiger partial charge on any atom is 0.337 e. The number of carbonyl (C=O) groups excluding carboxylic acids is 1. The number of methoxy groups -OCH3 is 1. The highest BCUT2D eigenvalue weighted by atomic mass is 32.1. The molecule has 0 radical (unpaired) electrons. The van der Waals surface area contributed by atoms with Gasteiger partial charge in [0.25, 0.3) is 0 Å². The number of benzene rings is 2. The molecule has 29 heavy (non-hydrogen) atoms. The van der Waals surface area contributed by atoms with Crippen LogP contribution in [0.25, 0.3) is 10.6 Å². The largest absolute Gasteiger partial charge is 0.465 e. The van der Waals surface area contributed by atoms with Gasteiger partial charge >= 0.3 is 5.97 Å². The van der Waals surface area contributed by atoms with Crippen LogP contribution in [0, 0.1) is 6.92 Å². The van der Waals surface area contributed by atoms with Crippen molar-refractivity contribution in [1.29, 1.82) is 0 Å². The number of nitrogens with zero attached hydrogens (tertiary/aromatic N) is 5. The monoisotopic (exact) mass is 405 g/mol. The lowest BCUT2D eigenvalue weighted by Crippen LogP contribution is -2.05. The lowest BCUT2D eigenvalue weighted by molar-refractivity contribution is 0.0601. The highest BCUT2D eigenvalue weighted by molar-refractivity contribution is 7.13. The number of esters is 1. The van der Waals surface area contributed by atoms with Crippen molar-refractivity contribution in [3.05, 3.63) is 82.1 Å². The standard InChI is InChI=1S/C21H19N5O2S/c1-14-5-3-4-6-17(14)11-19-23-25-26(24-19)12-18-13-29-20(22-18)15-7-9-16(10-8-15)21(27)28-2/h3-10,13H,11-12H2,1-2H3. The summed E-state index contributed by atoms with van der Waals surface area (Å²) in [6.45, 7) is 2.53. The molecule has 7 nitrogen and oxygen atoms in total. The topological polar surface area (TPSA) is 82.8 Å². The molecule has 0 fully saturated rings. The first-order chi connectivity index (χ1) is 14.1. The zero-order valence-electron chi connectivity index (χ0n) is 16.1. The minimum Gasteiger partial charge on any atom is -0.465 e. The van der Waals surface area contributed by atoms with Crippen LogP contribution in [0.4, 0.5) is 0 Å². The van der Waals surface area contributed by atoms with Crippen molar-refractivity contribution in [1.82, 2.24) is 25.2 Å². The van der Waals surface area contributed by atoms with Gasteiger partial charge in [0.05, 0.1) is 18.4 Å². The number of aryl methyl sites for hydroxylation is 1. The second kappa shape index (κ2) is 8.32. The maximum absolute atomic E-state index is 11.5. The Morgan fingerprint density at radius 1 is 1.14 bits per heavy atom. The SMILES string of the molecule is COC(=O)c1ccc(-c2nc(Cn3nnc(Cc4ccccc4C)n3)cs2)cc1. The van der Waals surface area contributed by atoms with E-state index in [4.69, 9.17) is 4.74 Å². The summed E-state index contributed by atoms with van der Waals surface area (Å²) in [5.41, 5.74) is 4.73. The van der Waals surface area contributed by atoms with Gasteiger partial charge in [-0.2, -0.15) is 4.80 Å². The average molecular weight is 405 g/mol. The van der Waals surface area contributed by atoms with Crippen LogP contribution in [-0.2, 0) is 17.7 Å². The first kappa shape index (κ1) is 18.9. The van der Waals surface area contributed by atoms with Crippen molar-refractivity contribution < 1.29 is 9.53 Å². The molecule has 0 saturated heterocycles. The van der Waals surface area contributed by atoms with Gasteiger partial charge in [0.2, 0.25) is 0 Å². The Kier molecular flexibility index (Phi) is 5.44. The number of hydrogen-bond acceptors (Lipinski definition) is 7. The van der Waals surface area contributed by atoms with E-state index in [1.165, 1.54) is 29.6 Å². The first-order valence-electron chi connectivity index (χ1n) is 9.07. The molecule has 146 valence electrons. The van der Waals surface area contributed by atoms with E-state index in [2.05, 4.69) is 39.5 Å². The Balaban J connectivity index is 1.44. The van der Waals surface area contributed by atoms with Gasteiger partial charge < -0.3 is 4.74 Å². The zero-order valence-corrected chi connectivity index (χ0v) is 16.9. The van der Waals surface area contributed by atoms with Crippen molar-refractivity contribution in [2.75, 3.05) is 7.11 Å². The summed E-state index contributed by atoms with van der Waals surface area (Å²) in [5.74, 6) is 0.336. The van der Waals surface area contributed by atoms with Gasteiger partial charge in [-0.1, -0.05) is 36.4 Å². The van der Waals surface area contributed by atoms with Gasteiger partial charge in [0, 0.05) is 17.4 Å². The second-order valence-corrected chi connectivity index (χ2v) is 7.41. The average Bonchev–Trinajstić information content (AvgIpc) is 3.39. The fraction of sp³-hybridized carbons (Fsp3) is 0.190. The molecule has 0 unspecified atom stereocenters. The van der Waals surface area contributed by atoms with E-state index in [0.717, 1.165) is 16.3 Å². The second-order valence-electron chi connectivity index (χ2n) is 6.55. The Morgan fingerprint density at radius 2 is 1.93 bits per heavy atom. The van der Waals surface area contributed by atoms with Crippen LogP contribution in [-0.4, -0.2) is 38.3 Å². The van der Waals surface area contributed by atoms with Crippen LogP contribution in [0.2, 0.25) is 0 Å². The normalized spacial score (nSPS) is 10.8. The molecule has 0 amide bonds. The van der Waals surface area contributed by atoms with Gasteiger partial charge in [0.1, 0.15) is 11.6 Å². The van der Waals surface area contributed by atoms with E-state index in [0.29, 0.717) is 24.4 Å². The molecular formula is C21H19N5O2S. The summed E-state index contributed by atoms with van der Waals surface area (Å²) in [5, 5.41) is 15.6. The van der Waals surface area contributed by atoms with Crippen LogP contribution in [0.1, 0.15) is 33.0 Å². The van der Waals surface area contributed by atoms with Crippen LogP contribution in [0.5, 0.6) is 0 Å². The Morgan fingerprint density at radius 3 is 2.69 bits per heavy atom. The molecule has 0 atom stereocenters. The number of hydrogen-bond donors (Lipinski definition) is 0. The van der Waals surface area contributed by atoms with E-state index in [1.54, 1.807) is 16.9 Å². The smallest absolute Gasteiger partial charge is 0.337 e. The van der Waals surface area contributed by atoms with E-state index in [9.17, 15) is 4.79 Å². The molecule has 2 aromatic carbocycles. The molecular weight excluding hydrogens is 386 g/mol. The summed E-state index contributed by atoms with van der Waals surface area (Å²) in [6, 6.07) is 15.4. The van der Waals surface area contributed by atoms with Crippen LogP contribution >= 0.6 is 11.3 Å². The third kappa shape index (κ3) is 4.38. The fourth-order valence-corrected chi connectivity index (χ4v) is 3.73. The Labute approximate surface area is 172 Å². The third-order valence-electron chi connectivity index (χ3n) is 4.51. The van der Waals surface area contributed by atoms with E-state index in [1.807, 2.05) is 29.6 Å². The van der Waals surface area contributed by atoms with Gasteiger partial charge in [0.15, 0.2) is 5.82 Å². The molecule has 8 heteroatoms. The Hall–Kier alpha value is -3.39. The van der Waals surface area contributed by atoms with Gasteiger partial charge in [-0.15, -0.1) is 21.5 Å². The number of ether oxygens (including phenoxy) is 1. The number of aromatic nitrogens is 5. The minimum atomic E-state index is -0.352. The molecule has 0 saturated carbocycles. The summed E-state index contributed by atoms with van der Waals surface area (Å²) >= 11 is 1.54. The fourth-order valence-electron chi connectivity index (χ4n) is 2.92. The molecule has 4 rings (SSSR count). The molecule has 0 N–H and O–H groups in total.